The van der Waals surface area contributed by atoms with Crippen LogP contribution < -0.4 is 0 Å². The standard InChI is InChI=1S/C16H24O3/c1-3-4-5-6-7-12-19-13-14-8-10-15(11-9-14)16(17)18-2/h8-11H,3-7,12-13H2,1-2H3. The Bertz CT molecular complexity index is 357. The van der Waals surface area contributed by atoms with Gasteiger partial charge in [0.2, 0.25) is 0 Å². The number of carbonyl (C=O) groups is 1. The number of ether oxygens (including phenoxy) is 2. The summed E-state index contributed by atoms with van der Waals surface area (Å²) >= 11 is 0. The van der Waals surface area contributed by atoms with E-state index in [4.69, 9.17) is 4.74 Å². The van der Waals surface area contributed by atoms with E-state index in [1.807, 2.05) is 12.1 Å². The third kappa shape index (κ3) is 6.39. The van der Waals surface area contributed by atoms with Gasteiger partial charge in [-0.3, -0.25) is 0 Å². The van der Waals surface area contributed by atoms with Crippen LogP contribution in [0.15, 0.2) is 24.3 Å². The zero-order valence-corrected chi connectivity index (χ0v) is 12.0. The second-order valence-corrected chi connectivity index (χ2v) is 4.66. The van der Waals surface area contributed by atoms with Crippen LogP contribution in [-0.2, 0) is 16.1 Å². The number of rotatable bonds is 9. The third-order valence-electron chi connectivity index (χ3n) is 3.04. The van der Waals surface area contributed by atoms with Gasteiger partial charge in [0.1, 0.15) is 0 Å². The van der Waals surface area contributed by atoms with Crippen molar-refractivity contribution in [1.29, 1.82) is 0 Å². The summed E-state index contributed by atoms with van der Waals surface area (Å²) < 4.78 is 10.3. The molecule has 0 N–H and O–H groups in total. The number of benzene rings is 1. The first-order valence-electron chi connectivity index (χ1n) is 7.03. The van der Waals surface area contributed by atoms with E-state index in [2.05, 4.69) is 11.7 Å². The molecule has 0 fully saturated rings. The van der Waals surface area contributed by atoms with Gasteiger partial charge in [0, 0.05) is 6.61 Å². The molecule has 0 saturated carbocycles. The molecule has 0 atom stereocenters. The first-order valence-corrected chi connectivity index (χ1v) is 7.03. The van der Waals surface area contributed by atoms with Gasteiger partial charge in [0.25, 0.3) is 0 Å². The van der Waals surface area contributed by atoms with Crippen LogP contribution in [0.3, 0.4) is 0 Å². The summed E-state index contributed by atoms with van der Waals surface area (Å²) in [5.74, 6) is -0.302. The van der Waals surface area contributed by atoms with E-state index in [1.165, 1.54) is 32.8 Å². The summed E-state index contributed by atoms with van der Waals surface area (Å²) in [5.41, 5.74) is 1.66. The van der Waals surface area contributed by atoms with Crippen molar-refractivity contribution >= 4 is 5.97 Å². The molecule has 106 valence electrons. The lowest BCUT2D eigenvalue weighted by molar-refractivity contribution is 0.0600. The number of methoxy groups -OCH3 is 1. The lowest BCUT2D eigenvalue weighted by Crippen LogP contribution is -2.01. The van der Waals surface area contributed by atoms with Crippen molar-refractivity contribution < 1.29 is 14.3 Å². The molecule has 3 nitrogen and oxygen atoms in total. The zero-order chi connectivity index (χ0) is 13.9. The number of hydrogen-bond donors (Lipinski definition) is 0. The lowest BCUT2D eigenvalue weighted by Gasteiger charge is -2.05. The number of carbonyl (C=O) groups excluding carboxylic acids is 1. The van der Waals surface area contributed by atoms with E-state index in [9.17, 15) is 4.79 Å². The fourth-order valence-corrected chi connectivity index (χ4v) is 1.85. The molecule has 1 aromatic carbocycles. The topological polar surface area (TPSA) is 35.5 Å². The minimum absolute atomic E-state index is 0.302. The number of hydrogen-bond acceptors (Lipinski definition) is 3. The summed E-state index contributed by atoms with van der Waals surface area (Å²) in [7, 11) is 1.39. The molecule has 0 unspecified atom stereocenters. The van der Waals surface area contributed by atoms with Crippen LogP contribution >= 0.6 is 0 Å². The number of esters is 1. The van der Waals surface area contributed by atoms with Gasteiger partial charge in [-0.15, -0.1) is 0 Å². The van der Waals surface area contributed by atoms with Crippen LogP contribution in [0, 0.1) is 0 Å². The van der Waals surface area contributed by atoms with Crippen LogP contribution in [0.5, 0.6) is 0 Å². The summed E-state index contributed by atoms with van der Waals surface area (Å²) in [4.78, 5) is 11.3. The second kappa shape index (κ2) is 9.56. The minimum atomic E-state index is -0.302. The van der Waals surface area contributed by atoms with Gasteiger partial charge in [-0.2, -0.15) is 0 Å². The Morgan fingerprint density at radius 2 is 1.74 bits per heavy atom. The SMILES string of the molecule is CCCCCCCOCc1ccc(C(=O)OC)cc1. The van der Waals surface area contributed by atoms with E-state index in [0.29, 0.717) is 12.2 Å². The average molecular weight is 264 g/mol. The quantitative estimate of drug-likeness (QED) is 0.500. The molecule has 0 aliphatic carbocycles. The van der Waals surface area contributed by atoms with Crippen LogP contribution in [0.4, 0.5) is 0 Å². The van der Waals surface area contributed by atoms with Crippen molar-refractivity contribution in [2.45, 2.75) is 45.6 Å². The maximum Gasteiger partial charge on any atom is 0.337 e. The fourth-order valence-electron chi connectivity index (χ4n) is 1.85. The smallest absolute Gasteiger partial charge is 0.337 e. The van der Waals surface area contributed by atoms with Gasteiger partial charge in [0.15, 0.2) is 0 Å². The third-order valence-corrected chi connectivity index (χ3v) is 3.04. The Morgan fingerprint density at radius 1 is 1.05 bits per heavy atom. The van der Waals surface area contributed by atoms with Crippen LogP contribution in [0.2, 0.25) is 0 Å². The highest BCUT2D eigenvalue weighted by Gasteiger charge is 2.03. The Morgan fingerprint density at radius 3 is 2.37 bits per heavy atom. The van der Waals surface area contributed by atoms with Crippen molar-refractivity contribution in [3.8, 4) is 0 Å². The molecule has 0 bridgehead atoms. The van der Waals surface area contributed by atoms with E-state index in [-0.39, 0.29) is 5.97 Å². The molecule has 3 heteroatoms. The van der Waals surface area contributed by atoms with Crippen LogP contribution in [-0.4, -0.2) is 19.7 Å². The first-order chi connectivity index (χ1) is 9.27. The molecule has 0 aliphatic heterocycles. The van der Waals surface area contributed by atoms with Gasteiger partial charge < -0.3 is 9.47 Å². The van der Waals surface area contributed by atoms with Gasteiger partial charge in [0.05, 0.1) is 19.3 Å². The summed E-state index contributed by atoms with van der Waals surface area (Å²) in [6.45, 7) is 3.63. The molecule has 1 aromatic rings. The van der Waals surface area contributed by atoms with E-state index < -0.39 is 0 Å². The highest BCUT2D eigenvalue weighted by Crippen LogP contribution is 2.08. The normalized spacial score (nSPS) is 10.4. The minimum Gasteiger partial charge on any atom is -0.465 e. The molecular formula is C16H24O3. The predicted octanol–water partition coefficient (Wildman–Crippen LogP) is 3.96. The molecule has 0 radical (unpaired) electrons. The Hall–Kier alpha value is -1.35. The molecular weight excluding hydrogens is 240 g/mol. The van der Waals surface area contributed by atoms with Crippen LogP contribution in [0.25, 0.3) is 0 Å². The second-order valence-electron chi connectivity index (χ2n) is 4.66. The molecule has 0 aliphatic rings. The molecule has 0 spiro atoms. The molecule has 19 heavy (non-hydrogen) atoms. The Labute approximate surface area is 115 Å². The van der Waals surface area contributed by atoms with Gasteiger partial charge in [-0.25, -0.2) is 4.79 Å². The van der Waals surface area contributed by atoms with E-state index >= 15 is 0 Å². The predicted molar refractivity (Wildman–Crippen MR) is 76.2 cm³/mol. The Kier molecular flexibility index (Phi) is 7.91. The molecule has 0 heterocycles. The maximum atomic E-state index is 11.3. The van der Waals surface area contributed by atoms with Crippen LogP contribution in [0.1, 0.15) is 54.9 Å². The van der Waals surface area contributed by atoms with E-state index in [1.54, 1.807) is 12.1 Å². The lowest BCUT2D eigenvalue weighted by atomic mass is 10.1. The van der Waals surface area contributed by atoms with Gasteiger partial charge in [-0.05, 0) is 24.1 Å². The van der Waals surface area contributed by atoms with Crippen molar-refractivity contribution in [3.05, 3.63) is 35.4 Å². The summed E-state index contributed by atoms with van der Waals surface area (Å²) in [6.07, 6.45) is 6.26. The van der Waals surface area contributed by atoms with Crippen molar-refractivity contribution in [2.75, 3.05) is 13.7 Å². The monoisotopic (exact) mass is 264 g/mol. The Balaban J connectivity index is 2.18. The summed E-state index contributed by atoms with van der Waals surface area (Å²) in [5, 5.41) is 0. The maximum absolute atomic E-state index is 11.3. The fraction of sp³-hybridized carbons (Fsp3) is 0.562. The van der Waals surface area contributed by atoms with Gasteiger partial charge in [-0.1, -0.05) is 44.7 Å². The zero-order valence-electron chi connectivity index (χ0n) is 12.0. The highest BCUT2D eigenvalue weighted by molar-refractivity contribution is 5.89. The molecule has 1 rings (SSSR count). The summed E-state index contributed by atoms with van der Waals surface area (Å²) in [6, 6.07) is 7.35. The average Bonchev–Trinajstić information content (AvgIpc) is 2.46. The number of unbranched alkanes of at least 4 members (excludes halogenated alkanes) is 4. The van der Waals surface area contributed by atoms with Gasteiger partial charge >= 0.3 is 5.97 Å². The molecule has 0 saturated heterocycles. The van der Waals surface area contributed by atoms with E-state index in [0.717, 1.165) is 18.6 Å². The molecule has 0 amide bonds. The highest BCUT2D eigenvalue weighted by atomic mass is 16.5. The van der Waals surface area contributed by atoms with Crippen molar-refractivity contribution in [1.82, 2.24) is 0 Å². The first kappa shape index (κ1) is 15.7. The largest absolute Gasteiger partial charge is 0.465 e. The van der Waals surface area contributed by atoms with Crippen molar-refractivity contribution in [2.24, 2.45) is 0 Å². The van der Waals surface area contributed by atoms with Crippen molar-refractivity contribution in [3.63, 3.8) is 0 Å². The molecule has 0 aromatic heterocycles.